The van der Waals surface area contributed by atoms with Gasteiger partial charge in [-0.05, 0) is 25.7 Å². The van der Waals surface area contributed by atoms with Gasteiger partial charge in [-0.2, -0.15) is 0 Å². The Bertz CT molecular complexity index is 1570. The van der Waals surface area contributed by atoms with E-state index in [0.29, 0.717) is 25.7 Å². The minimum Gasteiger partial charge on any atom is -0.462 e. The van der Waals surface area contributed by atoms with E-state index in [4.69, 9.17) is 37.0 Å². The van der Waals surface area contributed by atoms with Crippen LogP contribution in [0.15, 0.2) is 0 Å². The summed E-state index contributed by atoms with van der Waals surface area (Å²) < 4.78 is 67.8. The number of unbranched alkanes of at least 4 members (excludes halogenated alkanes) is 37. The van der Waals surface area contributed by atoms with Crippen molar-refractivity contribution in [3.05, 3.63) is 0 Å². The van der Waals surface area contributed by atoms with Gasteiger partial charge in [-0.3, -0.25) is 37.3 Å². The summed E-state index contributed by atoms with van der Waals surface area (Å²) in [4.78, 5) is 72.0. The SMILES string of the molecule is CCCCCCCCCCCCCCC(=O)O[C@H](COC(=O)CCCCCCCCCCCCC)COP(=O)(O)OC[C@@H](O)COP(=O)(O)OC[C@@H](COC(=O)CCCCCCCCCC)OC(=O)CCCCCCCCCCCC. The van der Waals surface area contributed by atoms with Gasteiger partial charge in [-0.15, -0.1) is 0 Å². The molecule has 3 N–H and O–H groups in total. The monoisotopic (exact) mass is 1200 g/mol. The number of aliphatic hydroxyl groups is 1. The highest BCUT2D eigenvalue weighted by molar-refractivity contribution is 7.47. The number of hydrogen-bond donors (Lipinski definition) is 3. The lowest BCUT2D eigenvalue weighted by molar-refractivity contribution is -0.161. The lowest BCUT2D eigenvalue weighted by atomic mass is 10.0. The Kier molecular flexibility index (Phi) is 55.8. The zero-order chi connectivity index (χ0) is 59.8. The second kappa shape index (κ2) is 57.2. The molecule has 0 heterocycles. The van der Waals surface area contributed by atoms with Gasteiger partial charge < -0.3 is 33.8 Å². The summed E-state index contributed by atoms with van der Waals surface area (Å²) in [6.45, 7) is 4.85. The van der Waals surface area contributed by atoms with Gasteiger partial charge >= 0.3 is 39.5 Å². The van der Waals surface area contributed by atoms with Crippen molar-refractivity contribution < 1.29 is 80.2 Å². The van der Waals surface area contributed by atoms with Crippen LogP contribution in [0.1, 0.15) is 317 Å². The highest BCUT2D eigenvalue weighted by atomic mass is 31.2. The number of phosphoric ester groups is 2. The quantitative estimate of drug-likeness (QED) is 0.0222. The fourth-order valence-corrected chi connectivity index (χ4v) is 10.9. The summed E-state index contributed by atoms with van der Waals surface area (Å²) in [5, 5.41) is 10.5. The van der Waals surface area contributed by atoms with Crippen molar-refractivity contribution in [3.8, 4) is 0 Å². The van der Waals surface area contributed by atoms with Gasteiger partial charge in [0.25, 0.3) is 0 Å². The molecule has 17 nitrogen and oxygen atoms in total. The Morgan fingerprint density at radius 2 is 0.494 bits per heavy atom. The van der Waals surface area contributed by atoms with Crippen molar-refractivity contribution in [2.45, 2.75) is 335 Å². The summed E-state index contributed by atoms with van der Waals surface area (Å²) in [5.41, 5.74) is 0. The number of ether oxygens (including phenoxy) is 4. The highest BCUT2D eigenvalue weighted by Gasteiger charge is 2.30. The average molecular weight is 1200 g/mol. The van der Waals surface area contributed by atoms with Gasteiger partial charge in [0.15, 0.2) is 12.2 Å². The van der Waals surface area contributed by atoms with Crippen LogP contribution in [0.2, 0.25) is 0 Å². The molecule has 19 heteroatoms. The molecular weight excluding hydrogens is 1080 g/mol. The van der Waals surface area contributed by atoms with Crippen LogP contribution in [0.5, 0.6) is 0 Å². The third-order valence-corrected chi connectivity index (χ3v) is 16.3. The molecule has 0 aliphatic heterocycles. The highest BCUT2D eigenvalue weighted by Crippen LogP contribution is 2.45. The van der Waals surface area contributed by atoms with E-state index < -0.39 is 97.5 Å². The molecule has 0 radical (unpaired) electrons. The van der Waals surface area contributed by atoms with Crippen molar-refractivity contribution in [2.75, 3.05) is 39.6 Å². The van der Waals surface area contributed by atoms with Crippen molar-refractivity contribution in [2.24, 2.45) is 0 Å². The number of hydrogen-bond acceptors (Lipinski definition) is 15. The van der Waals surface area contributed by atoms with Gasteiger partial charge in [0.05, 0.1) is 26.4 Å². The molecule has 0 fully saturated rings. The molecule has 0 amide bonds. The van der Waals surface area contributed by atoms with Crippen LogP contribution in [-0.4, -0.2) is 96.7 Å². The van der Waals surface area contributed by atoms with Gasteiger partial charge in [0.1, 0.15) is 19.3 Å². The van der Waals surface area contributed by atoms with Crippen LogP contribution in [0.4, 0.5) is 0 Å². The van der Waals surface area contributed by atoms with E-state index in [1.165, 1.54) is 141 Å². The average Bonchev–Trinajstić information content (AvgIpc) is 3.44. The second-order valence-corrected chi connectivity index (χ2v) is 25.4. The molecule has 0 bridgehead atoms. The minimum atomic E-state index is -4.94. The molecule has 0 rings (SSSR count). The number of carbonyl (C=O) groups is 4. The molecule has 0 saturated carbocycles. The van der Waals surface area contributed by atoms with Gasteiger partial charge in [0.2, 0.25) is 0 Å². The van der Waals surface area contributed by atoms with E-state index in [0.717, 1.165) is 96.3 Å². The molecule has 480 valence electrons. The molecule has 0 saturated heterocycles. The van der Waals surface area contributed by atoms with E-state index in [1.807, 2.05) is 0 Å². The molecule has 0 aromatic carbocycles. The molecular formula is C62H120O17P2. The smallest absolute Gasteiger partial charge is 0.462 e. The van der Waals surface area contributed by atoms with E-state index in [-0.39, 0.29) is 25.7 Å². The first kappa shape index (κ1) is 79.1. The van der Waals surface area contributed by atoms with Crippen LogP contribution >= 0.6 is 15.6 Å². The number of carbonyl (C=O) groups excluding carboxylic acids is 4. The van der Waals surface area contributed by atoms with E-state index >= 15 is 0 Å². The largest absolute Gasteiger partial charge is 0.472 e. The van der Waals surface area contributed by atoms with Crippen molar-refractivity contribution in [1.82, 2.24) is 0 Å². The summed E-state index contributed by atoms with van der Waals surface area (Å²) in [6, 6.07) is 0. The molecule has 5 atom stereocenters. The van der Waals surface area contributed by atoms with Crippen LogP contribution in [0.25, 0.3) is 0 Å². The normalized spacial score (nSPS) is 14.2. The minimum absolute atomic E-state index is 0.107. The van der Waals surface area contributed by atoms with Crippen LogP contribution in [0, 0.1) is 0 Å². The number of aliphatic hydroxyl groups excluding tert-OH is 1. The van der Waals surface area contributed by atoms with E-state index in [2.05, 4.69) is 27.7 Å². The molecule has 0 spiro atoms. The standard InChI is InChI=1S/C62H120O17P2/c1-5-9-13-17-21-25-28-30-33-37-41-45-49-62(67)79-58(53-73-60(65)47-43-39-35-32-29-26-22-18-14-10-6-2)55-77-81(70,71)75-51-56(63)50-74-80(68,69)76-54-57(52-72-59(64)46-42-38-34-24-20-16-12-8-4)78-61(66)48-44-40-36-31-27-23-19-15-11-7-3/h56-58,63H,5-55H2,1-4H3,(H,68,69)(H,70,71)/t56-,57+,58+/m0/s1. The topological polar surface area (TPSA) is 237 Å². The summed E-state index contributed by atoms with van der Waals surface area (Å²) in [6.07, 6.45) is 41.6. The maximum atomic E-state index is 12.9. The molecule has 0 aliphatic carbocycles. The number of esters is 4. The molecule has 0 aromatic rings. The van der Waals surface area contributed by atoms with Crippen LogP contribution in [-0.2, 0) is 65.4 Å². The van der Waals surface area contributed by atoms with Crippen molar-refractivity contribution >= 4 is 39.5 Å². The van der Waals surface area contributed by atoms with Gasteiger partial charge in [0, 0.05) is 25.7 Å². The molecule has 81 heavy (non-hydrogen) atoms. The Labute approximate surface area is 492 Å². The number of rotatable bonds is 63. The third kappa shape index (κ3) is 56.9. The van der Waals surface area contributed by atoms with E-state index in [1.54, 1.807) is 0 Å². The molecule has 2 unspecified atom stereocenters. The predicted molar refractivity (Wildman–Crippen MR) is 322 cm³/mol. The fraction of sp³-hybridized carbons (Fsp3) is 0.935. The zero-order valence-corrected chi connectivity index (χ0v) is 53.5. The first-order chi connectivity index (χ1) is 39.2. The second-order valence-electron chi connectivity index (χ2n) is 22.4. The van der Waals surface area contributed by atoms with Gasteiger partial charge in [-0.25, -0.2) is 9.13 Å². The zero-order valence-electron chi connectivity index (χ0n) is 51.7. The summed E-state index contributed by atoms with van der Waals surface area (Å²) >= 11 is 0. The predicted octanol–water partition coefficient (Wildman–Crippen LogP) is 17.2. The first-order valence-corrected chi connectivity index (χ1v) is 35.8. The lowest BCUT2D eigenvalue weighted by Gasteiger charge is -2.21. The molecule has 0 aromatic heterocycles. The maximum Gasteiger partial charge on any atom is 0.472 e. The Morgan fingerprint density at radius 3 is 0.728 bits per heavy atom. The van der Waals surface area contributed by atoms with Gasteiger partial charge in [-0.1, -0.05) is 265 Å². The number of phosphoric acid groups is 2. The van der Waals surface area contributed by atoms with E-state index in [9.17, 15) is 43.2 Å². The molecule has 0 aliphatic rings. The van der Waals surface area contributed by atoms with Crippen molar-refractivity contribution in [3.63, 3.8) is 0 Å². The Morgan fingerprint density at radius 1 is 0.296 bits per heavy atom. The lowest BCUT2D eigenvalue weighted by Crippen LogP contribution is -2.30. The fourth-order valence-electron chi connectivity index (χ4n) is 9.28. The third-order valence-electron chi connectivity index (χ3n) is 14.4. The van der Waals surface area contributed by atoms with Crippen molar-refractivity contribution in [1.29, 1.82) is 0 Å². The Hall–Kier alpha value is -1.94. The van der Waals surface area contributed by atoms with Crippen LogP contribution < -0.4 is 0 Å². The van der Waals surface area contributed by atoms with Crippen LogP contribution in [0.3, 0.4) is 0 Å². The summed E-state index contributed by atoms with van der Waals surface area (Å²) in [7, 11) is -9.88. The maximum absolute atomic E-state index is 12.9. The Balaban J connectivity index is 5.22. The summed E-state index contributed by atoms with van der Waals surface area (Å²) in [5.74, 6) is -2.13. The first-order valence-electron chi connectivity index (χ1n) is 32.8.